The third-order valence-corrected chi connectivity index (χ3v) is 4.90. The molecule has 31 heavy (non-hydrogen) atoms. The first-order valence-electron chi connectivity index (χ1n) is 9.67. The molecule has 0 saturated carbocycles. The van der Waals surface area contributed by atoms with Crippen LogP contribution in [0.5, 0.6) is 0 Å². The Morgan fingerprint density at radius 1 is 1.06 bits per heavy atom. The van der Waals surface area contributed by atoms with Crippen molar-refractivity contribution in [2.45, 2.75) is 25.0 Å². The van der Waals surface area contributed by atoms with E-state index in [1.165, 1.54) is 6.92 Å². The number of hydrogen-bond acceptors (Lipinski definition) is 5. The molecule has 2 aromatic carbocycles. The Kier molecular flexibility index (Phi) is 6.90. The van der Waals surface area contributed by atoms with Gasteiger partial charge in [0.05, 0.1) is 12.6 Å². The Morgan fingerprint density at radius 2 is 1.65 bits per heavy atom. The molecule has 8 nitrogen and oxygen atoms in total. The third-order valence-electron chi connectivity index (χ3n) is 4.90. The fourth-order valence-electron chi connectivity index (χ4n) is 3.46. The molecule has 4 N–H and O–H groups in total. The number of rotatable bonds is 6. The van der Waals surface area contributed by atoms with Gasteiger partial charge in [-0.25, -0.2) is 9.59 Å². The predicted octanol–water partition coefficient (Wildman–Crippen LogP) is 1.48. The van der Waals surface area contributed by atoms with Gasteiger partial charge in [-0.05, 0) is 35.1 Å². The molecule has 2 unspecified atom stereocenters. The van der Waals surface area contributed by atoms with Gasteiger partial charge in [0.25, 0.3) is 5.91 Å². The van der Waals surface area contributed by atoms with Gasteiger partial charge in [-0.2, -0.15) is 0 Å². The van der Waals surface area contributed by atoms with Crippen molar-refractivity contribution in [1.29, 1.82) is 0 Å². The SMILES string of the molecule is CC(O)C(NC(=O)C#CCNC(=O)OCC1c2ccccc2-c2ccccc21)C(=O)O. The normalized spacial score (nSPS) is 13.6. The lowest BCUT2D eigenvalue weighted by Crippen LogP contribution is -2.47. The minimum Gasteiger partial charge on any atom is -0.480 e. The number of carboxylic acid groups (broad SMARTS) is 1. The van der Waals surface area contributed by atoms with Crippen LogP contribution in [0, 0.1) is 11.8 Å². The lowest BCUT2D eigenvalue weighted by Gasteiger charge is -2.14. The zero-order chi connectivity index (χ0) is 22.4. The van der Waals surface area contributed by atoms with Gasteiger partial charge in [0.15, 0.2) is 6.04 Å². The van der Waals surface area contributed by atoms with Crippen molar-refractivity contribution in [3.05, 3.63) is 59.7 Å². The monoisotopic (exact) mass is 422 g/mol. The summed E-state index contributed by atoms with van der Waals surface area (Å²) < 4.78 is 5.35. The Labute approximate surface area is 179 Å². The van der Waals surface area contributed by atoms with Crippen LogP contribution in [0.3, 0.4) is 0 Å². The summed E-state index contributed by atoms with van der Waals surface area (Å²) in [6, 6.07) is 14.5. The predicted molar refractivity (Wildman–Crippen MR) is 112 cm³/mol. The van der Waals surface area contributed by atoms with Crippen molar-refractivity contribution in [3.8, 4) is 23.0 Å². The number of carbonyl (C=O) groups excluding carboxylic acids is 2. The molecule has 0 spiro atoms. The highest BCUT2D eigenvalue weighted by molar-refractivity contribution is 5.96. The number of aliphatic hydroxyl groups excluding tert-OH is 1. The number of aliphatic hydroxyl groups is 1. The molecule has 0 fully saturated rings. The van der Waals surface area contributed by atoms with Gasteiger partial charge >= 0.3 is 12.1 Å². The number of carboxylic acids is 1. The van der Waals surface area contributed by atoms with E-state index in [4.69, 9.17) is 9.84 Å². The maximum absolute atomic E-state index is 12.0. The second-order valence-corrected chi connectivity index (χ2v) is 7.01. The van der Waals surface area contributed by atoms with Crippen LogP contribution in [0.1, 0.15) is 24.0 Å². The lowest BCUT2D eigenvalue weighted by atomic mass is 9.98. The van der Waals surface area contributed by atoms with Gasteiger partial charge in [0.2, 0.25) is 0 Å². The van der Waals surface area contributed by atoms with Gasteiger partial charge in [0.1, 0.15) is 6.61 Å². The fraction of sp³-hybridized carbons (Fsp3) is 0.261. The molecule has 1 aliphatic carbocycles. The minimum atomic E-state index is -1.46. The zero-order valence-electron chi connectivity index (χ0n) is 16.8. The van der Waals surface area contributed by atoms with Crippen molar-refractivity contribution >= 4 is 18.0 Å². The maximum Gasteiger partial charge on any atom is 0.407 e. The third kappa shape index (κ3) is 5.21. The average molecular weight is 422 g/mol. The van der Waals surface area contributed by atoms with E-state index in [1.54, 1.807) is 0 Å². The number of amides is 2. The molecule has 2 atom stereocenters. The summed E-state index contributed by atoms with van der Waals surface area (Å²) in [7, 11) is 0. The van der Waals surface area contributed by atoms with Crippen LogP contribution in [0.15, 0.2) is 48.5 Å². The molecule has 1 aliphatic rings. The van der Waals surface area contributed by atoms with E-state index >= 15 is 0 Å². The summed E-state index contributed by atoms with van der Waals surface area (Å²) in [4.78, 5) is 34.6. The molecule has 0 aliphatic heterocycles. The molecule has 0 radical (unpaired) electrons. The second-order valence-electron chi connectivity index (χ2n) is 7.01. The summed E-state index contributed by atoms with van der Waals surface area (Å²) >= 11 is 0. The van der Waals surface area contributed by atoms with E-state index < -0.39 is 30.1 Å². The summed E-state index contributed by atoms with van der Waals surface area (Å²) in [6.45, 7) is 1.24. The summed E-state index contributed by atoms with van der Waals surface area (Å²) in [6.07, 6.45) is -1.95. The summed E-state index contributed by atoms with van der Waals surface area (Å²) in [5.74, 6) is 2.25. The standard InChI is InChI=1S/C23H22N2O6/c1-14(26)21(22(28)29)25-20(27)11-6-12-24-23(30)31-13-19-17-9-4-2-7-15(17)16-8-3-5-10-18(16)19/h2-5,7-10,14,19,21,26H,12-13H2,1H3,(H,24,30)(H,25,27)(H,28,29). The van der Waals surface area contributed by atoms with E-state index in [1.807, 2.05) is 48.5 Å². The lowest BCUT2D eigenvalue weighted by molar-refractivity contribution is -0.144. The van der Waals surface area contributed by atoms with Gasteiger partial charge in [0, 0.05) is 5.92 Å². The number of aliphatic carboxylic acids is 1. The summed E-state index contributed by atoms with van der Waals surface area (Å²) in [5.41, 5.74) is 4.44. The zero-order valence-corrected chi connectivity index (χ0v) is 16.8. The molecule has 0 heterocycles. The molecular formula is C23H22N2O6. The molecule has 160 valence electrons. The van der Waals surface area contributed by atoms with Crippen LogP contribution >= 0.6 is 0 Å². The number of ether oxygens (including phenoxy) is 1. The molecule has 0 aromatic heterocycles. The van der Waals surface area contributed by atoms with Crippen molar-refractivity contribution in [3.63, 3.8) is 0 Å². The van der Waals surface area contributed by atoms with Gasteiger partial charge in [-0.15, -0.1) is 0 Å². The fourth-order valence-corrected chi connectivity index (χ4v) is 3.46. The first-order chi connectivity index (χ1) is 14.9. The van der Waals surface area contributed by atoms with E-state index in [-0.39, 0.29) is 19.1 Å². The van der Waals surface area contributed by atoms with Gasteiger partial charge in [-0.1, -0.05) is 54.5 Å². The highest BCUT2D eigenvalue weighted by Crippen LogP contribution is 2.44. The Hall–Kier alpha value is -3.83. The van der Waals surface area contributed by atoms with Crippen molar-refractivity contribution in [1.82, 2.24) is 10.6 Å². The first-order valence-corrected chi connectivity index (χ1v) is 9.67. The smallest absolute Gasteiger partial charge is 0.407 e. The molecule has 0 bridgehead atoms. The van der Waals surface area contributed by atoms with E-state index in [0.717, 1.165) is 22.3 Å². The number of hydrogen-bond donors (Lipinski definition) is 4. The van der Waals surface area contributed by atoms with E-state index in [0.29, 0.717) is 0 Å². The highest BCUT2D eigenvalue weighted by atomic mass is 16.5. The van der Waals surface area contributed by atoms with Crippen LogP contribution in [0.4, 0.5) is 4.79 Å². The topological polar surface area (TPSA) is 125 Å². The van der Waals surface area contributed by atoms with Crippen LogP contribution in [-0.2, 0) is 14.3 Å². The first kappa shape index (κ1) is 21.9. The van der Waals surface area contributed by atoms with E-state index in [2.05, 4.69) is 22.5 Å². The number of carbonyl (C=O) groups is 3. The molecule has 0 saturated heterocycles. The Morgan fingerprint density at radius 3 is 2.19 bits per heavy atom. The average Bonchev–Trinajstić information content (AvgIpc) is 3.07. The number of nitrogens with one attached hydrogen (secondary N) is 2. The second kappa shape index (κ2) is 9.78. The van der Waals surface area contributed by atoms with Gasteiger partial charge in [-0.3, -0.25) is 4.79 Å². The van der Waals surface area contributed by atoms with E-state index in [9.17, 15) is 19.5 Å². The molecule has 3 rings (SSSR count). The van der Waals surface area contributed by atoms with Crippen LogP contribution in [0.2, 0.25) is 0 Å². The molecule has 2 amide bonds. The largest absolute Gasteiger partial charge is 0.480 e. The number of fused-ring (bicyclic) bond motifs is 3. The Balaban J connectivity index is 1.50. The van der Waals surface area contributed by atoms with Crippen molar-refractivity contribution in [2.24, 2.45) is 0 Å². The quantitative estimate of drug-likeness (QED) is 0.523. The molecule has 8 heteroatoms. The number of alkyl carbamates (subject to hydrolysis) is 1. The minimum absolute atomic E-state index is 0.0663. The van der Waals surface area contributed by atoms with Crippen molar-refractivity contribution in [2.75, 3.05) is 13.2 Å². The highest BCUT2D eigenvalue weighted by Gasteiger charge is 2.29. The molecule has 2 aromatic rings. The van der Waals surface area contributed by atoms with Crippen LogP contribution in [0.25, 0.3) is 11.1 Å². The maximum atomic E-state index is 12.0. The number of benzene rings is 2. The summed E-state index contributed by atoms with van der Waals surface area (Å²) in [5, 5.41) is 22.7. The Bertz CT molecular complexity index is 1010. The molecular weight excluding hydrogens is 400 g/mol. The van der Waals surface area contributed by atoms with Crippen LogP contribution < -0.4 is 10.6 Å². The van der Waals surface area contributed by atoms with Crippen molar-refractivity contribution < 1.29 is 29.3 Å². The van der Waals surface area contributed by atoms with Gasteiger partial charge < -0.3 is 25.6 Å². The van der Waals surface area contributed by atoms with Crippen LogP contribution in [-0.4, -0.2) is 53.5 Å².